The summed E-state index contributed by atoms with van der Waals surface area (Å²) in [5.74, 6) is 1.69. The molecule has 0 aromatic rings. The van der Waals surface area contributed by atoms with Gasteiger partial charge in [0.2, 0.25) is 11.8 Å². The highest BCUT2D eigenvalue weighted by molar-refractivity contribution is 7.99. The van der Waals surface area contributed by atoms with E-state index in [1.165, 1.54) is 4.90 Å². The molecule has 0 spiro atoms. The van der Waals surface area contributed by atoms with Crippen LogP contribution in [0.5, 0.6) is 0 Å². The fraction of sp³-hybridized carbons (Fsp3) is 0.833. The molecule has 1 aliphatic rings. The van der Waals surface area contributed by atoms with Gasteiger partial charge in [0.15, 0.2) is 0 Å². The second-order valence-corrected chi connectivity index (χ2v) is 6.72. The number of likely N-dealkylation sites (N-methyl/N-ethyl adjacent to an activating group) is 1. The lowest BCUT2D eigenvalue weighted by atomic mass is 10.1. The molecule has 2 amide bonds. The zero-order valence-electron chi connectivity index (χ0n) is 11.6. The average molecular weight is 273 g/mol. The van der Waals surface area contributed by atoms with Crippen molar-refractivity contribution in [3.63, 3.8) is 0 Å². The average Bonchev–Trinajstić information content (AvgIpc) is 2.26. The normalized spacial score (nSPS) is 20.3. The van der Waals surface area contributed by atoms with Gasteiger partial charge in [0, 0.05) is 30.6 Å². The van der Waals surface area contributed by atoms with Crippen molar-refractivity contribution in [3.8, 4) is 0 Å². The van der Waals surface area contributed by atoms with Crippen LogP contribution in [-0.2, 0) is 9.59 Å². The van der Waals surface area contributed by atoms with Crippen molar-refractivity contribution in [2.24, 2.45) is 0 Å². The largest absolute Gasteiger partial charge is 0.350 e. The number of thioether (sulfide) groups is 1. The predicted octanol–water partition coefficient (Wildman–Crippen LogP) is 0.0645. The monoisotopic (exact) mass is 273 g/mol. The highest BCUT2D eigenvalue weighted by Crippen LogP contribution is 2.09. The lowest BCUT2D eigenvalue weighted by Crippen LogP contribution is -2.52. The van der Waals surface area contributed by atoms with Crippen LogP contribution in [0.25, 0.3) is 0 Å². The first kappa shape index (κ1) is 15.3. The standard InChI is InChI=1S/C12H23N3O2S/c1-12(2,3)14-10(16)7-15(4)11(17)9-8-18-6-5-13-9/h9,13H,5-8H2,1-4H3,(H,14,16). The molecule has 1 unspecified atom stereocenters. The first-order valence-corrected chi connectivity index (χ1v) is 7.32. The van der Waals surface area contributed by atoms with Gasteiger partial charge in [-0.3, -0.25) is 9.59 Å². The number of nitrogens with zero attached hydrogens (tertiary/aromatic N) is 1. The van der Waals surface area contributed by atoms with Gasteiger partial charge in [0.25, 0.3) is 0 Å². The van der Waals surface area contributed by atoms with Crippen LogP contribution in [0.1, 0.15) is 20.8 Å². The Bertz CT molecular complexity index is 309. The van der Waals surface area contributed by atoms with E-state index in [1.54, 1.807) is 18.8 Å². The van der Waals surface area contributed by atoms with E-state index >= 15 is 0 Å². The molecule has 1 atom stereocenters. The molecule has 0 radical (unpaired) electrons. The van der Waals surface area contributed by atoms with Crippen LogP contribution in [0.2, 0.25) is 0 Å². The number of hydrogen-bond donors (Lipinski definition) is 2. The van der Waals surface area contributed by atoms with Gasteiger partial charge >= 0.3 is 0 Å². The Kier molecular flexibility index (Phi) is 5.47. The van der Waals surface area contributed by atoms with Crippen LogP contribution in [0.4, 0.5) is 0 Å². The first-order chi connectivity index (χ1) is 8.29. The smallest absolute Gasteiger partial charge is 0.240 e. The van der Waals surface area contributed by atoms with Crippen molar-refractivity contribution in [1.29, 1.82) is 0 Å². The Hall–Kier alpha value is -0.750. The first-order valence-electron chi connectivity index (χ1n) is 6.17. The van der Waals surface area contributed by atoms with Gasteiger partial charge in [-0.15, -0.1) is 0 Å². The Morgan fingerprint density at radius 1 is 1.44 bits per heavy atom. The SMILES string of the molecule is CN(CC(=O)NC(C)(C)C)C(=O)C1CSCCN1. The molecule has 0 saturated carbocycles. The van der Waals surface area contributed by atoms with Crippen molar-refractivity contribution < 1.29 is 9.59 Å². The van der Waals surface area contributed by atoms with Crippen molar-refractivity contribution in [3.05, 3.63) is 0 Å². The van der Waals surface area contributed by atoms with Crippen LogP contribution < -0.4 is 10.6 Å². The fourth-order valence-electron chi connectivity index (χ4n) is 1.74. The van der Waals surface area contributed by atoms with E-state index in [4.69, 9.17) is 0 Å². The van der Waals surface area contributed by atoms with Crippen molar-refractivity contribution in [2.45, 2.75) is 32.4 Å². The molecule has 1 fully saturated rings. The molecule has 0 bridgehead atoms. The van der Waals surface area contributed by atoms with Gasteiger partial charge in [0.1, 0.15) is 0 Å². The van der Waals surface area contributed by atoms with Crippen LogP contribution in [-0.4, -0.2) is 59.9 Å². The van der Waals surface area contributed by atoms with E-state index in [1.807, 2.05) is 20.8 Å². The molecule has 2 N–H and O–H groups in total. The summed E-state index contributed by atoms with van der Waals surface area (Å²) in [5, 5.41) is 6.03. The topological polar surface area (TPSA) is 61.4 Å². The van der Waals surface area contributed by atoms with Gasteiger partial charge in [-0.1, -0.05) is 0 Å². The third-order valence-corrected chi connectivity index (χ3v) is 3.55. The van der Waals surface area contributed by atoms with Gasteiger partial charge in [-0.2, -0.15) is 11.8 Å². The molecule has 6 heteroatoms. The van der Waals surface area contributed by atoms with Gasteiger partial charge < -0.3 is 15.5 Å². The molecular weight excluding hydrogens is 250 g/mol. The quantitative estimate of drug-likeness (QED) is 0.763. The maximum absolute atomic E-state index is 12.1. The molecule has 1 saturated heterocycles. The summed E-state index contributed by atoms with van der Waals surface area (Å²) < 4.78 is 0. The van der Waals surface area contributed by atoms with E-state index in [0.29, 0.717) is 0 Å². The van der Waals surface area contributed by atoms with Crippen molar-refractivity contribution in [1.82, 2.24) is 15.5 Å². The number of carbonyl (C=O) groups is 2. The van der Waals surface area contributed by atoms with Gasteiger partial charge in [-0.05, 0) is 20.8 Å². The summed E-state index contributed by atoms with van der Waals surface area (Å²) in [6, 6.07) is -0.156. The minimum Gasteiger partial charge on any atom is -0.350 e. The van der Waals surface area contributed by atoms with Crippen LogP contribution in [0.3, 0.4) is 0 Å². The molecule has 0 aliphatic carbocycles. The zero-order valence-corrected chi connectivity index (χ0v) is 12.4. The van der Waals surface area contributed by atoms with Crippen LogP contribution in [0.15, 0.2) is 0 Å². The number of hydrogen-bond acceptors (Lipinski definition) is 4. The lowest BCUT2D eigenvalue weighted by molar-refractivity contribution is -0.136. The lowest BCUT2D eigenvalue weighted by Gasteiger charge is -2.28. The number of rotatable bonds is 3. The van der Waals surface area contributed by atoms with E-state index in [-0.39, 0.29) is 29.9 Å². The Balaban J connectivity index is 2.41. The molecular formula is C12H23N3O2S. The minimum absolute atomic E-state index is 0.00809. The summed E-state index contributed by atoms with van der Waals surface area (Å²) in [6.07, 6.45) is 0. The van der Waals surface area contributed by atoms with Gasteiger partial charge in [-0.25, -0.2) is 0 Å². The minimum atomic E-state index is -0.264. The molecule has 0 aromatic heterocycles. The molecule has 0 aromatic carbocycles. The Morgan fingerprint density at radius 3 is 2.61 bits per heavy atom. The number of amides is 2. The number of carbonyl (C=O) groups excluding carboxylic acids is 2. The number of nitrogens with one attached hydrogen (secondary N) is 2. The van der Waals surface area contributed by atoms with Crippen LogP contribution in [0, 0.1) is 0 Å². The molecule has 1 rings (SSSR count). The van der Waals surface area contributed by atoms with Crippen molar-refractivity contribution >= 4 is 23.6 Å². The molecule has 18 heavy (non-hydrogen) atoms. The Morgan fingerprint density at radius 2 is 2.11 bits per heavy atom. The Labute approximate surface area is 113 Å². The van der Waals surface area contributed by atoms with Crippen molar-refractivity contribution in [2.75, 3.05) is 31.6 Å². The molecule has 5 nitrogen and oxygen atoms in total. The zero-order chi connectivity index (χ0) is 13.8. The summed E-state index contributed by atoms with van der Waals surface area (Å²) in [4.78, 5) is 25.3. The molecule has 104 valence electrons. The molecule has 1 aliphatic heterocycles. The maximum Gasteiger partial charge on any atom is 0.240 e. The summed E-state index contributed by atoms with van der Waals surface area (Å²) >= 11 is 1.77. The van der Waals surface area contributed by atoms with E-state index < -0.39 is 0 Å². The van der Waals surface area contributed by atoms with E-state index in [2.05, 4.69) is 10.6 Å². The predicted molar refractivity (Wildman–Crippen MR) is 74.6 cm³/mol. The fourth-order valence-corrected chi connectivity index (χ4v) is 2.67. The second-order valence-electron chi connectivity index (χ2n) is 5.57. The van der Waals surface area contributed by atoms with Crippen LogP contribution >= 0.6 is 11.8 Å². The van der Waals surface area contributed by atoms with Gasteiger partial charge in [0.05, 0.1) is 12.6 Å². The third-order valence-electron chi connectivity index (χ3n) is 2.49. The summed E-state index contributed by atoms with van der Waals surface area (Å²) in [7, 11) is 1.67. The van der Waals surface area contributed by atoms with E-state index in [9.17, 15) is 9.59 Å². The third kappa shape index (κ3) is 5.27. The summed E-state index contributed by atoms with van der Waals surface area (Å²) in [6.45, 7) is 6.73. The molecule has 1 heterocycles. The highest BCUT2D eigenvalue weighted by atomic mass is 32.2. The maximum atomic E-state index is 12.1. The van der Waals surface area contributed by atoms with E-state index in [0.717, 1.165) is 18.1 Å². The second kappa shape index (κ2) is 6.43. The summed E-state index contributed by atoms with van der Waals surface area (Å²) in [5.41, 5.74) is -0.264. The highest BCUT2D eigenvalue weighted by Gasteiger charge is 2.25.